The molecule has 14 heteroatoms. The highest BCUT2D eigenvalue weighted by Gasteiger charge is 2.51. The summed E-state index contributed by atoms with van der Waals surface area (Å²) >= 11 is 0. The molecule has 54 heavy (non-hydrogen) atoms. The van der Waals surface area contributed by atoms with Crippen molar-refractivity contribution in [2.45, 2.75) is 217 Å². The summed E-state index contributed by atoms with van der Waals surface area (Å²) in [5.41, 5.74) is 0. The van der Waals surface area contributed by atoms with E-state index < -0.39 is 75.7 Å². The molecule has 1 fully saturated rings. The minimum absolute atomic E-state index is 0.0976. The van der Waals surface area contributed by atoms with E-state index in [-0.39, 0.29) is 12.8 Å². The molecule has 318 valence electrons. The van der Waals surface area contributed by atoms with Gasteiger partial charge in [-0.15, -0.1) is 0 Å². The number of aliphatic hydroxyl groups is 5. The van der Waals surface area contributed by atoms with Crippen LogP contribution >= 0.6 is 7.82 Å². The predicted molar refractivity (Wildman–Crippen MR) is 207 cm³/mol. The van der Waals surface area contributed by atoms with Crippen molar-refractivity contribution in [1.29, 1.82) is 0 Å². The van der Waals surface area contributed by atoms with Gasteiger partial charge in [0, 0.05) is 12.8 Å². The molecule has 0 bridgehead atoms. The Morgan fingerprint density at radius 1 is 0.556 bits per heavy atom. The first-order valence-electron chi connectivity index (χ1n) is 21.0. The zero-order chi connectivity index (χ0) is 40.0. The van der Waals surface area contributed by atoms with Gasteiger partial charge < -0.3 is 39.9 Å². The minimum atomic E-state index is -5.10. The minimum Gasteiger partial charge on any atom is -0.462 e. The number of carbonyl (C=O) groups is 2. The highest BCUT2D eigenvalue weighted by atomic mass is 31.2. The maximum Gasteiger partial charge on any atom is 0.472 e. The molecule has 0 aromatic rings. The molecule has 1 aliphatic rings. The first kappa shape index (κ1) is 50.6. The quantitative estimate of drug-likeness (QED) is 0.0166. The fourth-order valence-corrected chi connectivity index (χ4v) is 7.37. The summed E-state index contributed by atoms with van der Waals surface area (Å²) in [5, 5.41) is 49.9. The molecule has 1 rings (SSSR count). The Labute approximate surface area is 324 Å². The van der Waals surface area contributed by atoms with Gasteiger partial charge in [0.15, 0.2) is 6.10 Å². The molecule has 0 aliphatic heterocycles. The van der Waals surface area contributed by atoms with Crippen molar-refractivity contribution < 1.29 is 63.1 Å². The summed E-state index contributed by atoms with van der Waals surface area (Å²) in [5.74, 6) is -1.11. The van der Waals surface area contributed by atoms with Crippen LogP contribution in [0.2, 0.25) is 0 Å². The molecule has 0 saturated heterocycles. The molecular weight excluding hydrogens is 719 g/mol. The van der Waals surface area contributed by atoms with Crippen LogP contribution in [-0.2, 0) is 32.7 Å². The standard InChI is InChI=1S/C40H75O13P/c1-3-5-7-9-11-12-13-14-15-16-17-18-19-20-21-22-23-25-27-29-34(42)52-32(30-50-33(41)28-26-24-10-8-6-4-2)31-51-54(48,49)53-40-38(46)36(44)35(43)37(45)39(40)47/h14-15,32,35-40,43-47H,3-13,16-31H2,1-2H3,(H,48,49)/b15-14-. The number of hydrogen-bond donors (Lipinski definition) is 6. The van der Waals surface area contributed by atoms with Gasteiger partial charge in [-0.25, -0.2) is 4.57 Å². The van der Waals surface area contributed by atoms with Gasteiger partial charge in [0.2, 0.25) is 0 Å². The van der Waals surface area contributed by atoms with Gasteiger partial charge in [-0.3, -0.25) is 18.6 Å². The van der Waals surface area contributed by atoms with Crippen molar-refractivity contribution >= 4 is 19.8 Å². The molecule has 0 aromatic carbocycles. The Morgan fingerprint density at radius 2 is 0.944 bits per heavy atom. The van der Waals surface area contributed by atoms with Crippen molar-refractivity contribution in [3.63, 3.8) is 0 Å². The number of esters is 2. The average Bonchev–Trinajstić information content (AvgIpc) is 3.15. The fraction of sp³-hybridized carbons (Fsp3) is 0.900. The van der Waals surface area contributed by atoms with Crippen LogP contribution in [0.15, 0.2) is 12.2 Å². The molecule has 6 unspecified atom stereocenters. The molecule has 1 aliphatic carbocycles. The number of rotatable bonds is 34. The van der Waals surface area contributed by atoms with Crippen LogP contribution in [0, 0.1) is 0 Å². The van der Waals surface area contributed by atoms with Gasteiger partial charge in [-0.2, -0.15) is 0 Å². The second-order valence-electron chi connectivity index (χ2n) is 14.8. The lowest BCUT2D eigenvalue weighted by Gasteiger charge is -2.41. The average molecular weight is 795 g/mol. The first-order valence-corrected chi connectivity index (χ1v) is 22.5. The summed E-state index contributed by atoms with van der Waals surface area (Å²) in [6.07, 6.45) is 17.5. The SMILES string of the molecule is CCCCCCCC/C=C\CCCCCCCCCCCC(=O)OC(COC(=O)CCCCCCCC)COP(=O)(O)OC1C(O)C(O)C(O)C(O)C1O. The Bertz CT molecular complexity index is 1010. The van der Waals surface area contributed by atoms with Gasteiger partial charge in [0.1, 0.15) is 43.2 Å². The third-order valence-electron chi connectivity index (χ3n) is 9.86. The topological polar surface area (TPSA) is 210 Å². The molecule has 6 N–H and O–H groups in total. The number of unbranched alkanes of at least 4 members (excludes halogenated alkanes) is 20. The lowest BCUT2D eigenvalue weighted by atomic mass is 9.85. The van der Waals surface area contributed by atoms with Crippen LogP contribution < -0.4 is 0 Å². The number of phosphoric ester groups is 1. The van der Waals surface area contributed by atoms with E-state index in [1.807, 2.05) is 0 Å². The van der Waals surface area contributed by atoms with Crippen LogP contribution in [-0.4, -0.2) is 98.3 Å². The zero-order valence-corrected chi connectivity index (χ0v) is 34.2. The molecule has 13 nitrogen and oxygen atoms in total. The normalized spacial score (nSPS) is 23.3. The summed E-state index contributed by atoms with van der Waals surface area (Å²) in [6.45, 7) is 3.20. The highest BCUT2D eigenvalue weighted by Crippen LogP contribution is 2.47. The fourth-order valence-electron chi connectivity index (χ4n) is 6.40. The number of phosphoric acid groups is 1. The number of carbonyl (C=O) groups excluding carboxylic acids is 2. The summed E-state index contributed by atoms with van der Waals surface area (Å²) in [7, 11) is -5.10. The number of ether oxygens (including phenoxy) is 2. The van der Waals surface area contributed by atoms with Crippen molar-refractivity contribution in [3.05, 3.63) is 12.2 Å². The largest absolute Gasteiger partial charge is 0.472 e. The lowest BCUT2D eigenvalue weighted by molar-refractivity contribution is -0.220. The van der Waals surface area contributed by atoms with Crippen molar-refractivity contribution in [3.8, 4) is 0 Å². The molecule has 0 spiro atoms. The van der Waals surface area contributed by atoms with Gasteiger partial charge in [-0.05, 0) is 38.5 Å². The molecule has 0 aromatic heterocycles. The summed E-state index contributed by atoms with van der Waals surface area (Å²) in [6, 6.07) is 0. The van der Waals surface area contributed by atoms with Crippen molar-refractivity contribution in [2.24, 2.45) is 0 Å². The molecule has 6 atom stereocenters. The van der Waals surface area contributed by atoms with Gasteiger partial charge in [0.05, 0.1) is 6.61 Å². The molecule has 1 saturated carbocycles. The van der Waals surface area contributed by atoms with Gasteiger partial charge >= 0.3 is 19.8 Å². The zero-order valence-electron chi connectivity index (χ0n) is 33.3. The third kappa shape index (κ3) is 24.3. The van der Waals surface area contributed by atoms with E-state index in [0.717, 1.165) is 64.2 Å². The third-order valence-corrected chi connectivity index (χ3v) is 10.8. The number of hydrogen-bond acceptors (Lipinski definition) is 12. The van der Waals surface area contributed by atoms with E-state index in [0.29, 0.717) is 12.8 Å². The van der Waals surface area contributed by atoms with Gasteiger partial charge in [0.25, 0.3) is 0 Å². The van der Waals surface area contributed by atoms with Crippen LogP contribution in [0.4, 0.5) is 0 Å². The van der Waals surface area contributed by atoms with Crippen molar-refractivity contribution in [1.82, 2.24) is 0 Å². The second kappa shape index (κ2) is 31.6. The monoisotopic (exact) mass is 794 g/mol. The Morgan fingerprint density at radius 3 is 1.41 bits per heavy atom. The number of aliphatic hydroxyl groups excluding tert-OH is 5. The molecule has 0 amide bonds. The van der Waals surface area contributed by atoms with E-state index in [1.54, 1.807) is 0 Å². The van der Waals surface area contributed by atoms with E-state index >= 15 is 0 Å². The molecule has 0 heterocycles. The van der Waals surface area contributed by atoms with Crippen molar-refractivity contribution in [2.75, 3.05) is 13.2 Å². The highest BCUT2D eigenvalue weighted by molar-refractivity contribution is 7.47. The molecule has 0 radical (unpaired) electrons. The van der Waals surface area contributed by atoms with E-state index in [9.17, 15) is 44.6 Å². The second-order valence-corrected chi connectivity index (χ2v) is 16.3. The lowest BCUT2D eigenvalue weighted by Crippen LogP contribution is -2.64. The van der Waals surface area contributed by atoms with E-state index in [4.69, 9.17) is 18.5 Å². The Balaban J connectivity index is 2.40. The molecular formula is C40H75O13P. The van der Waals surface area contributed by atoms with Crippen LogP contribution in [0.3, 0.4) is 0 Å². The summed E-state index contributed by atoms with van der Waals surface area (Å²) < 4.78 is 33.3. The van der Waals surface area contributed by atoms with Crippen LogP contribution in [0.5, 0.6) is 0 Å². The van der Waals surface area contributed by atoms with Crippen LogP contribution in [0.25, 0.3) is 0 Å². The van der Waals surface area contributed by atoms with Crippen LogP contribution in [0.1, 0.15) is 174 Å². The summed E-state index contributed by atoms with van der Waals surface area (Å²) in [4.78, 5) is 35.3. The van der Waals surface area contributed by atoms with E-state index in [2.05, 4.69) is 26.0 Å². The smallest absolute Gasteiger partial charge is 0.462 e. The number of allylic oxidation sites excluding steroid dienone is 2. The Kier molecular flexibility index (Phi) is 29.7. The predicted octanol–water partition coefficient (Wildman–Crippen LogP) is 7.11. The maximum absolute atomic E-state index is 12.7. The Hall–Kier alpha value is -1.41. The van der Waals surface area contributed by atoms with E-state index in [1.165, 1.54) is 70.6 Å². The first-order chi connectivity index (χ1) is 25.9. The van der Waals surface area contributed by atoms with Gasteiger partial charge in [-0.1, -0.05) is 135 Å². The maximum atomic E-state index is 12.7.